The highest BCUT2D eigenvalue weighted by Gasteiger charge is 2.35. The summed E-state index contributed by atoms with van der Waals surface area (Å²) in [6, 6.07) is 14.6. The molecule has 132 valence electrons. The van der Waals surface area contributed by atoms with Gasteiger partial charge in [0.2, 0.25) is 0 Å². The summed E-state index contributed by atoms with van der Waals surface area (Å²) < 4.78 is 24.4. The van der Waals surface area contributed by atoms with E-state index in [1.807, 2.05) is 18.2 Å². The van der Waals surface area contributed by atoms with E-state index >= 15 is 0 Å². The molecular formula is C19H20FNO4. The molecule has 1 N–H and O–H groups in total. The number of ether oxygens (including phenoxy) is 2. The Morgan fingerprint density at radius 2 is 2.04 bits per heavy atom. The van der Waals surface area contributed by atoms with Crippen molar-refractivity contribution in [2.24, 2.45) is 0 Å². The van der Waals surface area contributed by atoms with E-state index in [1.54, 1.807) is 18.2 Å². The lowest BCUT2D eigenvalue weighted by atomic mass is 10.1. The maximum Gasteiger partial charge on any atom is 0.254 e. The van der Waals surface area contributed by atoms with Crippen molar-refractivity contribution in [2.45, 2.75) is 5.60 Å². The quantitative estimate of drug-likeness (QED) is 0.922. The minimum absolute atomic E-state index is 0.00998. The standard InChI is InChI=1S/C19H20FNO4/c20-16-6-4-5-15(11-16)18(22)21-9-10-24-13-19(23,12-21)14-25-17-7-2-1-3-8-17/h1-8,11,23H,9-10,12-14H2. The second kappa shape index (κ2) is 7.63. The fraction of sp³-hybridized carbons (Fsp3) is 0.316. The van der Waals surface area contributed by atoms with Gasteiger partial charge in [0.1, 0.15) is 23.8 Å². The normalized spacial score (nSPS) is 20.8. The van der Waals surface area contributed by atoms with E-state index in [9.17, 15) is 14.3 Å². The van der Waals surface area contributed by atoms with Crippen LogP contribution in [0.2, 0.25) is 0 Å². The molecule has 1 aliphatic heterocycles. The second-order valence-corrected chi connectivity index (χ2v) is 6.12. The fourth-order valence-electron chi connectivity index (χ4n) is 2.72. The Morgan fingerprint density at radius 1 is 1.24 bits per heavy atom. The molecule has 5 nitrogen and oxygen atoms in total. The Hall–Kier alpha value is -2.44. The molecule has 2 aromatic rings. The van der Waals surface area contributed by atoms with E-state index in [0.29, 0.717) is 18.9 Å². The highest BCUT2D eigenvalue weighted by atomic mass is 19.1. The first-order valence-corrected chi connectivity index (χ1v) is 8.09. The summed E-state index contributed by atoms with van der Waals surface area (Å²) in [5, 5.41) is 10.8. The summed E-state index contributed by atoms with van der Waals surface area (Å²) >= 11 is 0. The van der Waals surface area contributed by atoms with Gasteiger partial charge < -0.3 is 19.5 Å². The SMILES string of the molecule is O=C(c1cccc(F)c1)N1CCOCC(O)(COc2ccccc2)C1. The number of carbonyl (C=O) groups is 1. The van der Waals surface area contributed by atoms with Crippen LogP contribution in [0.5, 0.6) is 5.75 Å². The van der Waals surface area contributed by atoms with Crippen LogP contribution in [-0.4, -0.2) is 54.4 Å². The van der Waals surface area contributed by atoms with Gasteiger partial charge in [-0.05, 0) is 30.3 Å². The van der Waals surface area contributed by atoms with Crippen molar-refractivity contribution in [1.82, 2.24) is 4.90 Å². The van der Waals surface area contributed by atoms with E-state index in [0.717, 1.165) is 0 Å². The third-order valence-corrected chi connectivity index (χ3v) is 3.97. The number of amides is 1. The van der Waals surface area contributed by atoms with Crippen LogP contribution in [0.3, 0.4) is 0 Å². The molecule has 1 atom stereocenters. The van der Waals surface area contributed by atoms with Crippen molar-refractivity contribution in [3.8, 4) is 5.75 Å². The van der Waals surface area contributed by atoms with E-state index < -0.39 is 11.4 Å². The fourth-order valence-corrected chi connectivity index (χ4v) is 2.72. The Morgan fingerprint density at radius 3 is 2.80 bits per heavy atom. The predicted molar refractivity (Wildman–Crippen MR) is 90.0 cm³/mol. The zero-order valence-electron chi connectivity index (χ0n) is 13.7. The lowest BCUT2D eigenvalue weighted by Crippen LogP contribution is -2.50. The van der Waals surface area contributed by atoms with Crippen LogP contribution >= 0.6 is 0 Å². The first-order valence-electron chi connectivity index (χ1n) is 8.09. The van der Waals surface area contributed by atoms with Crippen LogP contribution in [0.25, 0.3) is 0 Å². The van der Waals surface area contributed by atoms with Crippen LogP contribution in [0, 0.1) is 5.82 Å². The van der Waals surface area contributed by atoms with Gasteiger partial charge >= 0.3 is 0 Å². The number of halogens is 1. The number of hydrogen-bond donors (Lipinski definition) is 1. The molecule has 0 radical (unpaired) electrons. The van der Waals surface area contributed by atoms with Gasteiger partial charge in [-0.15, -0.1) is 0 Å². The molecular weight excluding hydrogens is 325 g/mol. The van der Waals surface area contributed by atoms with E-state index in [2.05, 4.69) is 0 Å². The van der Waals surface area contributed by atoms with Gasteiger partial charge in [0, 0.05) is 12.1 Å². The summed E-state index contributed by atoms with van der Waals surface area (Å²) in [6.07, 6.45) is 0. The second-order valence-electron chi connectivity index (χ2n) is 6.12. The number of para-hydroxylation sites is 1. The highest BCUT2D eigenvalue weighted by molar-refractivity contribution is 5.94. The Labute approximate surface area is 145 Å². The topological polar surface area (TPSA) is 59.0 Å². The van der Waals surface area contributed by atoms with Crippen molar-refractivity contribution >= 4 is 5.91 Å². The number of hydrogen-bond acceptors (Lipinski definition) is 4. The highest BCUT2D eigenvalue weighted by Crippen LogP contribution is 2.18. The minimum atomic E-state index is -1.34. The molecule has 2 aromatic carbocycles. The van der Waals surface area contributed by atoms with Gasteiger partial charge in [0.25, 0.3) is 5.91 Å². The zero-order chi connectivity index (χ0) is 17.7. The van der Waals surface area contributed by atoms with Gasteiger partial charge in [0.15, 0.2) is 0 Å². The molecule has 0 spiro atoms. The summed E-state index contributed by atoms with van der Waals surface area (Å²) in [6.45, 7) is 0.726. The molecule has 0 saturated carbocycles. The molecule has 1 unspecified atom stereocenters. The van der Waals surface area contributed by atoms with E-state index in [4.69, 9.17) is 9.47 Å². The number of carbonyl (C=O) groups excluding carboxylic acids is 1. The molecule has 1 amide bonds. The zero-order valence-corrected chi connectivity index (χ0v) is 13.7. The van der Waals surface area contributed by atoms with Crippen LogP contribution < -0.4 is 4.74 Å². The molecule has 25 heavy (non-hydrogen) atoms. The molecule has 1 saturated heterocycles. The smallest absolute Gasteiger partial charge is 0.254 e. The van der Waals surface area contributed by atoms with Crippen LogP contribution in [0.1, 0.15) is 10.4 Å². The first-order chi connectivity index (χ1) is 12.1. The number of rotatable bonds is 4. The maximum absolute atomic E-state index is 13.4. The van der Waals surface area contributed by atoms with Crippen LogP contribution in [0.15, 0.2) is 54.6 Å². The van der Waals surface area contributed by atoms with Crippen molar-refractivity contribution in [2.75, 3.05) is 32.9 Å². The Kier molecular flexibility index (Phi) is 5.31. The maximum atomic E-state index is 13.4. The molecule has 0 aliphatic carbocycles. The molecule has 1 heterocycles. The third-order valence-electron chi connectivity index (χ3n) is 3.97. The molecule has 0 bridgehead atoms. The molecule has 1 aliphatic rings. The number of benzene rings is 2. The third kappa shape index (κ3) is 4.55. The summed E-state index contributed by atoms with van der Waals surface area (Å²) in [5.74, 6) is -0.189. The minimum Gasteiger partial charge on any atom is -0.490 e. The number of aliphatic hydroxyl groups is 1. The van der Waals surface area contributed by atoms with Gasteiger partial charge in [-0.2, -0.15) is 0 Å². The summed E-state index contributed by atoms with van der Waals surface area (Å²) in [4.78, 5) is 14.1. The van der Waals surface area contributed by atoms with E-state index in [-0.39, 0.29) is 31.2 Å². The average Bonchev–Trinajstić information content (AvgIpc) is 2.83. The summed E-state index contributed by atoms with van der Waals surface area (Å²) in [5.41, 5.74) is -1.09. The number of β-amino-alcohol motifs (C(OH)–C–C–N with tert-alkyl or cyclic N) is 1. The molecule has 1 fully saturated rings. The Balaban J connectivity index is 1.70. The summed E-state index contributed by atoms with van der Waals surface area (Å²) in [7, 11) is 0. The van der Waals surface area contributed by atoms with Crippen LogP contribution in [0.4, 0.5) is 4.39 Å². The molecule has 3 rings (SSSR count). The van der Waals surface area contributed by atoms with Crippen molar-refractivity contribution < 1.29 is 23.8 Å². The van der Waals surface area contributed by atoms with Crippen molar-refractivity contribution in [1.29, 1.82) is 0 Å². The monoisotopic (exact) mass is 345 g/mol. The molecule has 0 aromatic heterocycles. The Bertz CT molecular complexity index is 724. The molecule has 6 heteroatoms. The van der Waals surface area contributed by atoms with Crippen molar-refractivity contribution in [3.05, 3.63) is 66.0 Å². The first kappa shape index (κ1) is 17.4. The largest absolute Gasteiger partial charge is 0.490 e. The lowest BCUT2D eigenvalue weighted by Gasteiger charge is -2.30. The average molecular weight is 345 g/mol. The van der Waals surface area contributed by atoms with Gasteiger partial charge in [-0.25, -0.2) is 4.39 Å². The lowest BCUT2D eigenvalue weighted by molar-refractivity contribution is -0.0621. The van der Waals surface area contributed by atoms with E-state index in [1.165, 1.54) is 23.1 Å². The van der Waals surface area contributed by atoms with Crippen LogP contribution in [-0.2, 0) is 4.74 Å². The number of nitrogens with zero attached hydrogens (tertiary/aromatic N) is 1. The van der Waals surface area contributed by atoms with Gasteiger partial charge in [0.05, 0.1) is 19.8 Å². The predicted octanol–water partition coefficient (Wildman–Crippen LogP) is 2.11. The van der Waals surface area contributed by atoms with Gasteiger partial charge in [-0.3, -0.25) is 4.79 Å². The van der Waals surface area contributed by atoms with Gasteiger partial charge in [-0.1, -0.05) is 24.3 Å². The van der Waals surface area contributed by atoms with Crippen molar-refractivity contribution in [3.63, 3.8) is 0 Å².